The Kier molecular flexibility index (Phi) is 4.14. The maximum absolute atomic E-state index is 13.4. The minimum Gasteiger partial charge on any atom is -0.481 e. The van der Waals surface area contributed by atoms with E-state index in [-0.39, 0.29) is 22.3 Å². The monoisotopic (exact) mass is 298 g/mol. The van der Waals surface area contributed by atoms with Crippen molar-refractivity contribution in [3.8, 4) is 5.88 Å². The highest BCUT2D eigenvalue weighted by molar-refractivity contribution is 6.30. The molecule has 1 heterocycles. The van der Waals surface area contributed by atoms with Gasteiger partial charge in [-0.15, -0.1) is 0 Å². The highest BCUT2D eigenvalue weighted by Crippen LogP contribution is 2.19. The van der Waals surface area contributed by atoms with Gasteiger partial charge in [-0.2, -0.15) is 0 Å². The molecule has 4 nitrogen and oxygen atoms in total. The van der Waals surface area contributed by atoms with Gasteiger partial charge in [0.25, 0.3) is 5.91 Å². The van der Waals surface area contributed by atoms with Crippen molar-refractivity contribution in [2.45, 2.75) is 0 Å². The normalized spacial score (nSPS) is 10.2. The molecule has 0 aliphatic heterocycles. The molecule has 20 heavy (non-hydrogen) atoms. The van der Waals surface area contributed by atoms with Gasteiger partial charge < -0.3 is 10.1 Å². The van der Waals surface area contributed by atoms with E-state index in [1.165, 1.54) is 19.2 Å². The van der Waals surface area contributed by atoms with Crippen molar-refractivity contribution >= 4 is 23.2 Å². The van der Waals surface area contributed by atoms with Crippen LogP contribution in [0.4, 0.5) is 14.5 Å². The van der Waals surface area contributed by atoms with Crippen LogP contribution in [0.2, 0.25) is 5.15 Å². The maximum Gasteiger partial charge on any atom is 0.256 e. The van der Waals surface area contributed by atoms with E-state index in [4.69, 9.17) is 16.3 Å². The molecule has 2 aromatic rings. The van der Waals surface area contributed by atoms with Gasteiger partial charge in [-0.05, 0) is 18.2 Å². The third-order valence-corrected chi connectivity index (χ3v) is 2.61. The van der Waals surface area contributed by atoms with Crippen LogP contribution in [-0.4, -0.2) is 18.0 Å². The van der Waals surface area contributed by atoms with Crippen LogP contribution in [0.25, 0.3) is 0 Å². The molecular formula is C13H9ClF2N2O2. The summed E-state index contributed by atoms with van der Waals surface area (Å²) >= 11 is 5.73. The molecule has 1 aromatic heterocycles. The van der Waals surface area contributed by atoms with Crippen LogP contribution in [0.1, 0.15) is 10.4 Å². The fraction of sp³-hybridized carbons (Fsp3) is 0.0769. The van der Waals surface area contributed by atoms with E-state index in [9.17, 15) is 13.6 Å². The van der Waals surface area contributed by atoms with Gasteiger partial charge in [0.05, 0.1) is 12.8 Å². The van der Waals surface area contributed by atoms with Crippen molar-refractivity contribution in [2.75, 3.05) is 12.4 Å². The Morgan fingerprint density at radius 1 is 1.30 bits per heavy atom. The third kappa shape index (κ3) is 3.21. The molecule has 0 spiro atoms. The van der Waals surface area contributed by atoms with Crippen molar-refractivity contribution in [1.29, 1.82) is 0 Å². The van der Waals surface area contributed by atoms with Crippen LogP contribution < -0.4 is 10.1 Å². The number of rotatable bonds is 3. The van der Waals surface area contributed by atoms with Gasteiger partial charge in [-0.3, -0.25) is 4.79 Å². The van der Waals surface area contributed by atoms with Gasteiger partial charge in [0.15, 0.2) is 0 Å². The van der Waals surface area contributed by atoms with E-state index >= 15 is 0 Å². The predicted molar refractivity (Wildman–Crippen MR) is 70.1 cm³/mol. The first-order valence-corrected chi connectivity index (χ1v) is 5.85. The average molecular weight is 299 g/mol. The molecule has 0 unspecified atom stereocenters. The zero-order valence-corrected chi connectivity index (χ0v) is 11.0. The topological polar surface area (TPSA) is 51.2 Å². The number of ether oxygens (including phenoxy) is 1. The molecule has 0 atom stereocenters. The highest BCUT2D eigenvalue weighted by atomic mass is 35.5. The molecule has 0 saturated carbocycles. The lowest BCUT2D eigenvalue weighted by Crippen LogP contribution is -2.13. The lowest BCUT2D eigenvalue weighted by atomic mass is 10.2. The first-order chi connectivity index (χ1) is 9.49. The summed E-state index contributed by atoms with van der Waals surface area (Å²) in [5, 5.41) is 2.30. The second-order valence-electron chi connectivity index (χ2n) is 3.80. The number of pyridine rings is 1. The molecule has 0 bridgehead atoms. The average Bonchev–Trinajstić information content (AvgIpc) is 2.42. The smallest absolute Gasteiger partial charge is 0.256 e. The minimum atomic E-state index is -0.744. The fourth-order valence-corrected chi connectivity index (χ4v) is 1.70. The van der Waals surface area contributed by atoms with E-state index in [0.29, 0.717) is 0 Å². The Morgan fingerprint density at radius 3 is 2.75 bits per heavy atom. The summed E-state index contributed by atoms with van der Waals surface area (Å²) in [7, 11) is 1.37. The molecule has 0 aliphatic carbocycles. The highest BCUT2D eigenvalue weighted by Gasteiger charge is 2.12. The maximum atomic E-state index is 13.4. The quantitative estimate of drug-likeness (QED) is 0.885. The number of nitrogens with one attached hydrogen (secondary N) is 1. The van der Waals surface area contributed by atoms with E-state index in [2.05, 4.69) is 10.3 Å². The van der Waals surface area contributed by atoms with Gasteiger partial charge in [-0.25, -0.2) is 13.8 Å². The van der Waals surface area contributed by atoms with Gasteiger partial charge in [0, 0.05) is 17.7 Å². The van der Waals surface area contributed by atoms with Gasteiger partial charge in [-0.1, -0.05) is 11.6 Å². The fourth-order valence-electron chi connectivity index (χ4n) is 1.50. The van der Waals surface area contributed by atoms with Gasteiger partial charge >= 0.3 is 0 Å². The number of nitrogens with zero attached hydrogens (tertiary/aromatic N) is 1. The van der Waals surface area contributed by atoms with Gasteiger partial charge in [0.1, 0.15) is 16.8 Å². The van der Waals surface area contributed by atoms with Crippen LogP contribution in [0.3, 0.4) is 0 Å². The van der Waals surface area contributed by atoms with E-state index < -0.39 is 17.5 Å². The van der Waals surface area contributed by atoms with Crippen LogP contribution in [-0.2, 0) is 0 Å². The first kappa shape index (κ1) is 14.2. The van der Waals surface area contributed by atoms with Crippen molar-refractivity contribution in [3.05, 3.63) is 52.7 Å². The molecule has 0 saturated heterocycles. The molecule has 1 aromatic carbocycles. The van der Waals surface area contributed by atoms with E-state index in [1.54, 1.807) is 0 Å². The summed E-state index contributed by atoms with van der Waals surface area (Å²) in [5.74, 6) is -1.92. The molecular weight excluding hydrogens is 290 g/mol. The number of methoxy groups -OCH3 is 1. The van der Waals surface area contributed by atoms with Gasteiger partial charge in [0.2, 0.25) is 5.88 Å². The first-order valence-electron chi connectivity index (χ1n) is 5.47. The number of benzene rings is 1. The number of anilines is 1. The van der Waals surface area contributed by atoms with Crippen molar-refractivity contribution in [2.24, 2.45) is 0 Å². The number of carbonyl (C=O) groups is 1. The largest absolute Gasteiger partial charge is 0.481 e. The summed E-state index contributed by atoms with van der Waals surface area (Å²) < 4.78 is 31.3. The summed E-state index contributed by atoms with van der Waals surface area (Å²) in [5.41, 5.74) is -0.146. The summed E-state index contributed by atoms with van der Waals surface area (Å²) in [6.07, 6.45) is 0. The summed E-state index contributed by atoms with van der Waals surface area (Å²) in [4.78, 5) is 15.8. The van der Waals surface area contributed by atoms with Crippen molar-refractivity contribution in [3.63, 3.8) is 0 Å². The van der Waals surface area contributed by atoms with E-state index in [0.717, 1.165) is 18.2 Å². The number of halogens is 3. The Bertz CT molecular complexity index is 665. The standard InChI is InChI=1S/C13H9ClF2N2O2/c1-20-12-5-7(4-11(14)18-12)13(19)17-10-6-8(15)2-3-9(10)16/h2-6H,1H3,(H,17,19). The number of amides is 1. The second-order valence-corrected chi connectivity index (χ2v) is 4.19. The SMILES string of the molecule is COc1cc(C(=O)Nc2cc(F)ccc2F)cc(Cl)n1. The minimum absolute atomic E-state index is 0.0502. The lowest BCUT2D eigenvalue weighted by Gasteiger charge is -2.08. The zero-order valence-electron chi connectivity index (χ0n) is 10.3. The Balaban J connectivity index is 2.28. The number of hydrogen-bond acceptors (Lipinski definition) is 3. The summed E-state index contributed by atoms with van der Waals surface area (Å²) in [6, 6.07) is 5.38. The molecule has 104 valence electrons. The van der Waals surface area contributed by atoms with Crippen LogP contribution in [0.5, 0.6) is 5.88 Å². The molecule has 0 radical (unpaired) electrons. The molecule has 1 N–H and O–H groups in total. The number of carbonyl (C=O) groups excluding carboxylic acids is 1. The second kappa shape index (κ2) is 5.83. The number of hydrogen-bond donors (Lipinski definition) is 1. The number of aromatic nitrogens is 1. The molecule has 7 heteroatoms. The van der Waals surface area contributed by atoms with Crippen LogP contribution in [0.15, 0.2) is 30.3 Å². The molecule has 0 aliphatic rings. The van der Waals surface area contributed by atoms with Crippen LogP contribution >= 0.6 is 11.6 Å². The molecule has 2 rings (SSSR count). The molecule has 1 amide bonds. The lowest BCUT2D eigenvalue weighted by molar-refractivity contribution is 0.102. The van der Waals surface area contributed by atoms with Crippen LogP contribution in [0, 0.1) is 11.6 Å². The predicted octanol–water partition coefficient (Wildman–Crippen LogP) is 3.27. The molecule has 0 fully saturated rings. The summed E-state index contributed by atoms with van der Waals surface area (Å²) in [6.45, 7) is 0. The van der Waals surface area contributed by atoms with Crippen molar-refractivity contribution < 1.29 is 18.3 Å². The van der Waals surface area contributed by atoms with E-state index in [1.807, 2.05) is 0 Å². The van der Waals surface area contributed by atoms with Crippen molar-refractivity contribution in [1.82, 2.24) is 4.98 Å². The third-order valence-electron chi connectivity index (χ3n) is 2.42. The Morgan fingerprint density at radius 2 is 2.05 bits per heavy atom. The Labute approximate surface area is 118 Å². The Hall–Kier alpha value is -2.21. The zero-order chi connectivity index (χ0) is 14.7.